The fraction of sp³-hybridized carbons (Fsp3) is 1.00. The van der Waals surface area contributed by atoms with Crippen LogP contribution in [0.3, 0.4) is 0 Å². The Morgan fingerprint density at radius 1 is 0.917 bits per heavy atom. The van der Waals surface area contributed by atoms with Crippen molar-refractivity contribution in [2.24, 2.45) is 5.92 Å². The molecule has 1 atom stereocenters. The van der Waals surface area contributed by atoms with Crippen LogP contribution in [-0.2, 0) is 0 Å². The van der Waals surface area contributed by atoms with E-state index in [9.17, 15) is 0 Å². The van der Waals surface area contributed by atoms with Gasteiger partial charge in [0, 0.05) is 0 Å². The second-order valence-corrected chi connectivity index (χ2v) is 3.60. The lowest BCUT2D eigenvalue weighted by Gasteiger charge is -2.13. The minimum absolute atomic E-state index is 0.958. The minimum Gasteiger partial charge on any atom is -0.317 e. The van der Waals surface area contributed by atoms with Crippen molar-refractivity contribution in [2.45, 2.75) is 52.9 Å². The van der Waals surface area contributed by atoms with Crippen molar-refractivity contribution in [3.05, 3.63) is 0 Å². The van der Waals surface area contributed by atoms with Gasteiger partial charge in [-0.15, -0.1) is 0 Å². The second kappa shape index (κ2) is 9.05. The van der Waals surface area contributed by atoms with Crippen molar-refractivity contribution in [3.63, 3.8) is 0 Å². The van der Waals surface area contributed by atoms with Gasteiger partial charge in [0.25, 0.3) is 0 Å². The molecule has 1 nitrogen and oxygen atoms in total. The van der Waals surface area contributed by atoms with Crippen LogP contribution in [0.25, 0.3) is 0 Å². The first-order chi connectivity index (χ1) is 5.85. The topological polar surface area (TPSA) is 12.0 Å². The van der Waals surface area contributed by atoms with Crippen LogP contribution in [0.15, 0.2) is 0 Å². The zero-order valence-electron chi connectivity index (χ0n) is 9.03. The Balaban J connectivity index is 3.19. The van der Waals surface area contributed by atoms with Crippen LogP contribution in [-0.4, -0.2) is 13.1 Å². The maximum absolute atomic E-state index is 3.46. The fourth-order valence-corrected chi connectivity index (χ4v) is 1.57. The Morgan fingerprint density at radius 2 is 1.67 bits per heavy atom. The van der Waals surface area contributed by atoms with Gasteiger partial charge in [-0.05, 0) is 31.8 Å². The molecule has 0 saturated carbocycles. The molecule has 0 rings (SSSR count). The summed E-state index contributed by atoms with van der Waals surface area (Å²) in [5, 5.41) is 3.46. The molecule has 0 aliphatic carbocycles. The molecule has 1 unspecified atom stereocenters. The molecule has 1 N–H and O–H groups in total. The summed E-state index contributed by atoms with van der Waals surface area (Å²) in [5.74, 6) is 0.958. The lowest BCUT2D eigenvalue weighted by Crippen LogP contribution is -2.18. The Bertz CT molecular complexity index is 81.1. The Morgan fingerprint density at radius 3 is 2.17 bits per heavy atom. The van der Waals surface area contributed by atoms with E-state index in [1.165, 1.54) is 45.2 Å². The molecule has 0 bridgehead atoms. The van der Waals surface area contributed by atoms with Crippen LogP contribution < -0.4 is 5.32 Å². The summed E-state index contributed by atoms with van der Waals surface area (Å²) >= 11 is 0. The van der Waals surface area contributed by atoms with Crippen LogP contribution in [0.5, 0.6) is 0 Å². The minimum atomic E-state index is 0.958. The molecule has 0 spiro atoms. The molecule has 1 heteroatoms. The van der Waals surface area contributed by atoms with Gasteiger partial charge in [0.2, 0.25) is 0 Å². The number of hydrogen-bond acceptors (Lipinski definition) is 1. The average molecular weight is 171 g/mol. The smallest absolute Gasteiger partial charge is 0.00463 e. The first-order valence-corrected chi connectivity index (χ1v) is 5.55. The highest BCUT2D eigenvalue weighted by Gasteiger charge is 2.03. The molecular weight excluding hydrogens is 146 g/mol. The van der Waals surface area contributed by atoms with Crippen molar-refractivity contribution < 1.29 is 0 Å². The molecule has 0 heterocycles. The van der Waals surface area contributed by atoms with E-state index in [1.54, 1.807) is 0 Å². The van der Waals surface area contributed by atoms with Crippen molar-refractivity contribution in [3.8, 4) is 0 Å². The zero-order valence-corrected chi connectivity index (χ0v) is 9.03. The summed E-state index contributed by atoms with van der Waals surface area (Å²) in [6.07, 6.45) is 6.72. The summed E-state index contributed by atoms with van der Waals surface area (Å²) in [6, 6.07) is 0. The van der Waals surface area contributed by atoms with Gasteiger partial charge in [-0.3, -0.25) is 0 Å². The van der Waals surface area contributed by atoms with Crippen molar-refractivity contribution >= 4 is 0 Å². The third-order valence-corrected chi connectivity index (χ3v) is 2.43. The SMILES string of the molecule is CCCNCCC(CC)CCC. The summed E-state index contributed by atoms with van der Waals surface area (Å²) in [4.78, 5) is 0. The molecule has 74 valence electrons. The molecule has 0 radical (unpaired) electrons. The van der Waals surface area contributed by atoms with Crippen molar-refractivity contribution in [1.82, 2.24) is 5.32 Å². The highest BCUT2D eigenvalue weighted by Crippen LogP contribution is 2.13. The van der Waals surface area contributed by atoms with Gasteiger partial charge in [-0.2, -0.15) is 0 Å². The quantitative estimate of drug-likeness (QED) is 0.553. The van der Waals surface area contributed by atoms with E-state index < -0.39 is 0 Å². The van der Waals surface area contributed by atoms with Crippen LogP contribution in [0.2, 0.25) is 0 Å². The van der Waals surface area contributed by atoms with Crippen LogP contribution in [0.1, 0.15) is 52.9 Å². The Hall–Kier alpha value is -0.0400. The summed E-state index contributed by atoms with van der Waals surface area (Å²) in [7, 11) is 0. The van der Waals surface area contributed by atoms with Gasteiger partial charge in [0.1, 0.15) is 0 Å². The Kier molecular flexibility index (Phi) is 9.02. The summed E-state index contributed by atoms with van der Waals surface area (Å²) in [5.41, 5.74) is 0. The molecule has 0 fully saturated rings. The van der Waals surface area contributed by atoms with E-state index in [0.29, 0.717) is 0 Å². The predicted molar refractivity (Wildman–Crippen MR) is 56.5 cm³/mol. The second-order valence-electron chi connectivity index (χ2n) is 3.60. The van der Waals surface area contributed by atoms with Gasteiger partial charge in [0.15, 0.2) is 0 Å². The van der Waals surface area contributed by atoms with Crippen LogP contribution in [0.4, 0.5) is 0 Å². The lowest BCUT2D eigenvalue weighted by atomic mass is 9.97. The number of rotatable bonds is 8. The molecule has 0 aliphatic heterocycles. The van der Waals surface area contributed by atoms with Gasteiger partial charge in [0.05, 0.1) is 0 Å². The predicted octanol–water partition coefficient (Wildman–Crippen LogP) is 3.20. The normalized spacial score (nSPS) is 13.2. The van der Waals surface area contributed by atoms with E-state index in [2.05, 4.69) is 26.1 Å². The first kappa shape index (κ1) is 12.0. The fourth-order valence-electron chi connectivity index (χ4n) is 1.57. The number of nitrogens with one attached hydrogen (secondary N) is 1. The largest absolute Gasteiger partial charge is 0.317 e. The maximum Gasteiger partial charge on any atom is -0.00463 e. The van der Waals surface area contributed by atoms with Crippen molar-refractivity contribution in [1.29, 1.82) is 0 Å². The third kappa shape index (κ3) is 6.66. The zero-order chi connectivity index (χ0) is 9.23. The van der Waals surface area contributed by atoms with E-state index >= 15 is 0 Å². The molecule has 0 amide bonds. The van der Waals surface area contributed by atoms with Gasteiger partial charge in [-0.25, -0.2) is 0 Å². The summed E-state index contributed by atoms with van der Waals surface area (Å²) in [6.45, 7) is 9.20. The standard InChI is InChI=1S/C11H25N/c1-4-7-11(6-3)8-10-12-9-5-2/h11-12H,4-10H2,1-3H3. The third-order valence-electron chi connectivity index (χ3n) is 2.43. The van der Waals surface area contributed by atoms with Gasteiger partial charge in [-0.1, -0.05) is 40.0 Å². The van der Waals surface area contributed by atoms with E-state index in [-0.39, 0.29) is 0 Å². The van der Waals surface area contributed by atoms with Gasteiger partial charge < -0.3 is 5.32 Å². The molecule has 0 saturated heterocycles. The molecule has 0 aromatic rings. The molecule has 12 heavy (non-hydrogen) atoms. The molecule has 0 aromatic heterocycles. The van der Waals surface area contributed by atoms with Crippen molar-refractivity contribution in [2.75, 3.05) is 13.1 Å². The molecular formula is C11H25N. The maximum atomic E-state index is 3.46. The highest BCUT2D eigenvalue weighted by molar-refractivity contribution is 4.58. The first-order valence-electron chi connectivity index (χ1n) is 5.55. The highest BCUT2D eigenvalue weighted by atomic mass is 14.8. The Labute approximate surface area is 77.9 Å². The lowest BCUT2D eigenvalue weighted by molar-refractivity contribution is 0.419. The van der Waals surface area contributed by atoms with E-state index in [0.717, 1.165) is 5.92 Å². The van der Waals surface area contributed by atoms with Crippen LogP contribution >= 0.6 is 0 Å². The van der Waals surface area contributed by atoms with Crippen LogP contribution in [0, 0.1) is 5.92 Å². The van der Waals surface area contributed by atoms with E-state index in [1.807, 2.05) is 0 Å². The van der Waals surface area contributed by atoms with Gasteiger partial charge >= 0.3 is 0 Å². The average Bonchev–Trinajstić information content (AvgIpc) is 2.10. The monoisotopic (exact) mass is 171 g/mol. The molecule has 0 aromatic carbocycles. The molecule has 0 aliphatic rings. The van der Waals surface area contributed by atoms with E-state index in [4.69, 9.17) is 0 Å². The summed E-state index contributed by atoms with van der Waals surface area (Å²) < 4.78 is 0. The number of hydrogen-bond donors (Lipinski definition) is 1.